The summed E-state index contributed by atoms with van der Waals surface area (Å²) in [6, 6.07) is 24.5. The molecule has 5 atom stereocenters. The Balaban J connectivity index is 1.04. The van der Waals surface area contributed by atoms with E-state index >= 15 is 0 Å². The van der Waals surface area contributed by atoms with Crippen molar-refractivity contribution in [3.8, 4) is 6.07 Å². The van der Waals surface area contributed by atoms with Gasteiger partial charge in [0, 0.05) is 19.3 Å². The molecule has 1 amide bonds. The highest BCUT2D eigenvalue weighted by Crippen LogP contribution is 2.65. The van der Waals surface area contributed by atoms with Gasteiger partial charge in [-0.15, -0.1) is 0 Å². The fraction of sp³-hybridized carbons (Fsp3) is 0.432. The lowest BCUT2D eigenvalue weighted by Crippen LogP contribution is -2.65. The van der Waals surface area contributed by atoms with Gasteiger partial charge in [-0.1, -0.05) is 68.4 Å². The molecule has 5 aliphatic rings. The van der Waals surface area contributed by atoms with Gasteiger partial charge in [-0.3, -0.25) is 14.7 Å². The molecule has 4 fully saturated rings. The van der Waals surface area contributed by atoms with Crippen LogP contribution in [0.15, 0.2) is 72.9 Å². The largest absolute Gasteiger partial charge is 0.482 e. The smallest absolute Gasteiger partial charge is 0.404 e. The summed E-state index contributed by atoms with van der Waals surface area (Å²) in [5, 5.41) is 13.1. The summed E-state index contributed by atoms with van der Waals surface area (Å²) >= 11 is 0. The second kappa shape index (κ2) is 11.9. The van der Waals surface area contributed by atoms with Gasteiger partial charge < -0.3 is 14.6 Å². The van der Waals surface area contributed by atoms with Crippen LogP contribution in [0, 0.1) is 28.6 Å². The van der Waals surface area contributed by atoms with E-state index in [1.54, 1.807) is 6.20 Å². The van der Waals surface area contributed by atoms with Gasteiger partial charge in [0.2, 0.25) is 5.91 Å². The van der Waals surface area contributed by atoms with E-state index in [-0.39, 0.29) is 29.0 Å². The highest BCUT2D eigenvalue weighted by atomic mass is 16.7. The average molecular weight is 601 g/mol. The van der Waals surface area contributed by atoms with Crippen LogP contribution in [0.2, 0.25) is 0 Å². The van der Waals surface area contributed by atoms with E-state index in [4.69, 9.17) is 9.31 Å². The van der Waals surface area contributed by atoms with E-state index in [2.05, 4.69) is 72.4 Å². The van der Waals surface area contributed by atoms with Crippen molar-refractivity contribution in [1.29, 1.82) is 5.26 Å². The van der Waals surface area contributed by atoms with Crippen LogP contribution in [-0.2, 0) is 33.5 Å². The molecule has 1 saturated heterocycles. The van der Waals surface area contributed by atoms with Crippen molar-refractivity contribution < 1.29 is 14.1 Å². The first-order chi connectivity index (χ1) is 21.7. The molecule has 1 aromatic heterocycles. The van der Waals surface area contributed by atoms with Crippen molar-refractivity contribution >= 4 is 24.7 Å². The van der Waals surface area contributed by atoms with Crippen LogP contribution in [0.4, 0.5) is 0 Å². The second-order valence-electron chi connectivity index (χ2n) is 14.1. The Labute approximate surface area is 266 Å². The number of allylic oxidation sites excluding steroid dienone is 1. The topological polar surface area (TPSA) is 87.5 Å². The summed E-state index contributed by atoms with van der Waals surface area (Å²) in [6.45, 7) is 8.75. The summed E-state index contributed by atoms with van der Waals surface area (Å²) in [5.41, 5.74) is 5.69. The standard InChI is InChI=1S/C37H41BN4O3/c1-36(2)30-20-32(36)37(3)33(21-30)44-38(45-37)34(19-25-9-5-4-6-10-25)41-35(43)24-42-16-14-27-13-12-26(18-29(27)23-42)17-28(22-39)31-11-7-8-15-40-31/h4-13,15,17-18,30,32-34H,14,16,19-21,23-24H2,1-3H3,(H,41,43)/t30-,32-,33+,34-,37-/m0/s1. The van der Waals surface area contributed by atoms with Crippen LogP contribution >= 0.6 is 0 Å². The van der Waals surface area contributed by atoms with Crippen LogP contribution in [0.3, 0.4) is 0 Å². The number of aromatic nitrogens is 1. The summed E-state index contributed by atoms with van der Waals surface area (Å²) in [6.07, 6.45) is 7.38. The molecule has 2 bridgehead atoms. The van der Waals surface area contributed by atoms with E-state index in [9.17, 15) is 10.1 Å². The van der Waals surface area contributed by atoms with Crippen molar-refractivity contribution in [2.75, 3.05) is 13.1 Å². The number of rotatable bonds is 8. The van der Waals surface area contributed by atoms with Gasteiger partial charge in [0.25, 0.3) is 0 Å². The Bertz CT molecular complexity index is 1640. The van der Waals surface area contributed by atoms with E-state index in [1.165, 1.54) is 17.5 Å². The first-order valence-corrected chi connectivity index (χ1v) is 16.3. The molecule has 45 heavy (non-hydrogen) atoms. The van der Waals surface area contributed by atoms with Crippen molar-refractivity contribution in [2.45, 2.75) is 70.6 Å². The van der Waals surface area contributed by atoms with E-state index in [1.807, 2.05) is 42.5 Å². The normalized spacial score (nSPS) is 27.5. The maximum absolute atomic E-state index is 13.6. The second-order valence-corrected chi connectivity index (χ2v) is 14.1. The predicted molar refractivity (Wildman–Crippen MR) is 175 cm³/mol. The molecule has 0 radical (unpaired) electrons. The summed E-state index contributed by atoms with van der Waals surface area (Å²) < 4.78 is 13.4. The number of nitrogens with one attached hydrogen (secondary N) is 1. The molecule has 8 heteroatoms. The zero-order chi connectivity index (χ0) is 31.2. The number of hydrogen-bond donors (Lipinski definition) is 1. The first-order valence-electron chi connectivity index (χ1n) is 16.3. The van der Waals surface area contributed by atoms with E-state index in [0.717, 1.165) is 30.5 Å². The molecule has 0 spiro atoms. The SMILES string of the molecule is CC1(C)[C@@H]2C[C@H]3OB([C@H](Cc4ccccc4)NC(=O)CN4CCc5ccc(C=C(C#N)c6ccccn6)cc5C4)O[C@@]3(C)[C@H]1C2. The van der Waals surface area contributed by atoms with Gasteiger partial charge in [0.15, 0.2) is 0 Å². The third-order valence-corrected chi connectivity index (χ3v) is 11.0. The molecule has 8 rings (SSSR count). The fourth-order valence-corrected chi connectivity index (χ4v) is 8.32. The van der Waals surface area contributed by atoms with Crippen LogP contribution in [-0.4, -0.2) is 53.6 Å². The third kappa shape index (κ3) is 5.74. The van der Waals surface area contributed by atoms with Crippen LogP contribution in [0.25, 0.3) is 11.6 Å². The Morgan fingerprint density at radius 1 is 1.13 bits per heavy atom. The minimum atomic E-state index is -0.482. The number of nitrogens with zero attached hydrogens (tertiary/aromatic N) is 3. The van der Waals surface area contributed by atoms with Crippen LogP contribution in [0.1, 0.15) is 61.6 Å². The lowest BCUT2D eigenvalue weighted by Gasteiger charge is -2.64. The summed E-state index contributed by atoms with van der Waals surface area (Å²) in [5.74, 6) is 0.833. The predicted octanol–water partition coefficient (Wildman–Crippen LogP) is 5.50. The molecular formula is C37H41BN4O3. The van der Waals surface area contributed by atoms with Crippen LogP contribution < -0.4 is 5.32 Å². The molecule has 2 aliphatic heterocycles. The minimum absolute atomic E-state index is 0.0193. The molecule has 3 heterocycles. The van der Waals surface area contributed by atoms with Gasteiger partial charge in [0.05, 0.1) is 35.5 Å². The Morgan fingerprint density at radius 2 is 1.96 bits per heavy atom. The number of hydrogen-bond acceptors (Lipinski definition) is 6. The molecule has 3 saturated carbocycles. The Kier molecular flexibility index (Phi) is 7.89. The van der Waals surface area contributed by atoms with E-state index in [0.29, 0.717) is 42.6 Å². The maximum atomic E-state index is 13.6. The van der Waals surface area contributed by atoms with Gasteiger partial charge in [-0.25, -0.2) is 0 Å². The quantitative estimate of drug-likeness (QED) is 0.272. The molecule has 2 aromatic carbocycles. The molecule has 0 unspecified atom stereocenters. The summed E-state index contributed by atoms with van der Waals surface area (Å²) in [7, 11) is -0.482. The molecule has 230 valence electrons. The molecule has 3 aromatic rings. The zero-order valence-corrected chi connectivity index (χ0v) is 26.4. The van der Waals surface area contributed by atoms with Gasteiger partial charge in [-0.2, -0.15) is 5.26 Å². The molecular weight excluding hydrogens is 559 g/mol. The zero-order valence-electron chi connectivity index (χ0n) is 26.4. The van der Waals surface area contributed by atoms with Crippen molar-refractivity contribution in [3.05, 3.63) is 101 Å². The number of fused-ring (bicyclic) bond motifs is 1. The van der Waals surface area contributed by atoms with Crippen molar-refractivity contribution in [2.24, 2.45) is 17.3 Å². The highest BCUT2D eigenvalue weighted by Gasteiger charge is 2.68. The number of pyridine rings is 1. The first kappa shape index (κ1) is 29.9. The van der Waals surface area contributed by atoms with Crippen molar-refractivity contribution in [1.82, 2.24) is 15.2 Å². The molecule has 1 N–H and O–H groups in total. The molecule has 7 nitrogen and oxygen atoms in total. The Hall–Kier alpha value is -3.77. The van der Waals surface area contributed by atoms with Gasteiger partial charge in [-0.05, 0) is 90.3 Å². The van der Waals surface area contributed by atoms with Gasteiger partial charge in [0.1, 0.15) is 6.07 Å². The maximum Gasteiger partial charge on any atom is 0.482 e. The monoisotopic (exact) mass is 600 g/mol. The molecule has 3 aliphatic carbocycles. The number of nitriles is 1. The van der Waals surface area contributed by atoms with Gasteiger partial charge >= 0.3 is 7.12 Å². The third-order valence-electron chi connectivity index (χ3n) is 11.0. The minimum Gasteiger partial charge on any atom is -0.404 e. The lowest BCUT2D eigenvalue weighted by molar-refractivity contribution is -0.199. The Morgan fingerprint density at radius 3 is 2.71 bits per heavy atom. The van der Waals surface area contributed by atoms with Crippen LogP contribution in [0.5, 0.6) is 0 Å². The lowest BCUT2D eigenvalue weighted by atomic mass is 9.43. The van der Waals surface area contributed by atoms with E-state index < -0.39 is 7.12 Å². The average Bonchev–Trinajstić information content (AvgIpc) is 3.41. The fourth-order valence-electron chi connectivity index (χ4n) is 8.32. The number of benzene rings is 2. The summed E-state index contributed by atoms with van der Waals surface area (Å²) in [4.78, 5) is 20.2. The number of carbonyl (C=O) groups excluding carboxylic acids is 1. The number of carbonyl (C=O) groups is 1. The van der Waals surface area contributed by atoms with Crippen molar-refractivity contribution in [3.63, 3.8) is 0 Å². The highest BCUT2D eigenvalue weighted by molar-refractivity contribution is 6.48. The number of amides is 1.